The van der Waals surface area contributed by atoms with Gasteiger partial charge in [0, 0.05) is 5.56 Å². The molecule has 0 atom stereocenters. The molecular formula is C9H6Cl2F2N2. The van der Waals surface area contributed by atoms with Crippen molar-refractivity contribution in [3.8, 4) is 6.07 Å². The van der Waals surface area contributed by atoms with Crippen molar-refractivity contribution in [2.75, 3.05) is 0 Å². The predicted molar refractivity (Wildman–Crippen MR) is 53.1 cm³/mol. The summed E-state index contributed by atoms with van der Waals surface area (Å²) >= 11 is 11.2. The van der Waals surface area contributed by atoms with Crippen LogP contribution in [0.15, 0.2) is 6.07 Å². The summed E-state index contributed by atoms with van der Waals surface area (Å²) in [4.78, 5) is 3.84. The topological polar surface area (TPSA) is 36.7 Å². The molecule has 1 aromatic heterocycles. The number of nitrogens with zero attached hydrogens (tertiary/aromatic N) is 2. The Hall–Kier alpha value is -0.920. The summed E-state index contributed by atoms with van der Waals surface area (Å²) in [6.07, 6.45) is -2.87. The number of aromatic nitrogens is 1. The second kappa shape index (κ2) is 5.24. The molecule has 0 radical (unpaired) electrons. The normalized spacial score (nSPS) is 10.4. The van der Waals surface area contributed by atoms with Gasteiger partial charge in [0.2, 0.25) is 0 Å². The molecule has 0 aliphatic rings. The standard InChI is InChI=1S/C9H6Cl2F2N2/c10-4-8-6(11)3-5(9(12)13)7(15-8)1-2-14/h3,9H,1,4H2. The number of alkyl halides is 3. The van der Waals surface area contributed by atoms with E-state index in [-0.39, 0.29) is 28.6 Å². The molecule has 1 rings (SSSR count). The molecule has 0 amide bonds. The van der Waals surface area contributed by atoms with Crippen LogP contribution in [-0.4, -0.2) is 4.98 Å². The lowest BCUT2D eigenvalue weighted by molar-refractivity contribution is 0.150. The van der Waals surface area contributed by atoms with Gasteiger partial charge in [0.1, 0.15) is 0 Å². The fourth-order valence-corrected chi connectivity index (χ4v) is 1.58. The van der Waals surface area contributed by atoms with E-state index < -0.39 is 6.43 Å². The Morgan fingerprint density at radius 3 is 2.60 bits per heavy atom. The summed E-state index contributed by atoms with van der Waals surface area (Å²) in [7, 11) is 0. The summed E-state index contributed by atoms with van der Waals surface area (Å²) in [6.45, 7) is 0. The van der Waals surface area contributed by atoms with Gasteiger partial charge in [0.15, 0.2) is 0 Å². The fourth-order valence-electron chi connectivity index (χ4n) is 1.08. The van der Waals surface area contributed by atoms with Crippen molar-refractivity contribution in [2.45, 2.75) is 18.7 Å². The molecule has 0 unspecified atom stereocenters. The maximum absolute atomic E-state index is 12.5. The fraction of sp³-hybridized carbons (Fsp3) is 0.333. The first kappa shape index (κ1) is 12.2. The minimum Gasteiger partial charge on any atom is -0.253 e. The molecule has 0 fully saturated rings. The van der Waals surface area contributed by atoms with Crippen LogP contribution in [0.2, 0.25) is 5.02 Å². The molecule has 0 bridgehead atoms. The van der Waals surface area contributed by atoms with E-state index in [9.17, 15) is 8.78 Å². The Balaban J connectivity index is 3.26. The SMILES string of the molecule is N#CCc1nc(CCl)c(Cl)cc1C(F)F. The summed E-state index contributed by atoms with van der Waals surface area (Å²) in [5, 5.41) is 8.56. The van der Waals surface area contributed by atoms with Crippen molar-refractivity contribution in [2.24, 2.45) is 0 Å². The lowest BCUT2D eigenvalue weighted by atomic mass is 10.1. The molecular weight excluding hydrogens is 245 g/mol. The van der Waals surface area contributed by atoms with Crippen molar-refractivity contribution in [3.63, 3.8) is 0 Å². The summed E-state index contributed by atoms with van der Waals surface area (Å²) in [5.74, 6) is 0.0286. The highest BCUT2D eigenvalue weighted by Gasteiger charge is 2.17. The predicted octanol–water partition coefficient (Wildman–Crippen LogP) is 3.48. The molecule has 0 aliphatic heterocycles. The van der Waals surface area contributed by atoms with Gasteiger partial charge in [-0.25, -0.2) is 8.78 Å². The van der Waals surface area contributed by atoms with Crippen LogP contribution in [0.5, 0.6) is 0 Å². The van der Waals surface area contributed by atoms with Crippen LogP contribution in [0.3, 0.4) is 0 Å². The lowest BCUT2D eigenvalue weighted by Gasteiger charge is -2.08. The van der Waals surface area contributed by atoms with E-state index in [0.29, 0.717) is 5.69 Å². The molecule has 6 heteroatoms. The molecule has 0 aromatic carbocycles. The molecule has 1 aromatic rings. The molecule has 80 valence electrons. The van der Waals surface area contributed by atoms with Crippen molar-refractivity contribution in [1.29, 1.82) is 5.26 Å². The van der Waals surface area contributed by atoms with Gasteiger partial charge in [-0.1, -0.05) is 11.6 Å². The number of rotatable bonds is 3. The monoisotopic (exact) mass is 250 g/mol. The van der Waals surface area contributed by atoms with E-state index in [2.05, 4.69) is 4.98 Å². The second-order valence-corrected chi connectivity index (χ2v) is 3.40. The van der Waals surface area contributed by atoms with E-state index in [1.807, 2.05) is 0 Å². The first-order chi connectivity index (χ1) is 7.10. The molecule has 0 saturated heterocycles. The zero-order valence-electron chi connectivity index (χ0n) is 7.48. The van der Waals surface area contributed by atoms with Crippen LogP contribution >= 0.6 is 23.2 Å². The number of pyridine rings is 1. The van der Waals surface area contributed by atoms with E-state index >= 15 is 0 Å². The number of halogens is 4. The minimum absolute atomic E-state index is 0.0286. The quantitative estimate of drug-likeness (QED) is 0.771. The zero-order chi connectivity index (χ0) is 11.4. The van der Waals surface area contributed by atoms with Crippen molar-refractivity contribution in [1.82, 2.24) is 4.98 Å². The Morgan fingerprint density at radius 1 is 1.47 bits per heavy atom. The van der Waals surface area contributed by atoms with Crippen molar-refractivity contribution >= 4 is 23.2 Å². The average Bonchev–Trinajstić information content (AvgIpc) is 2.20. The Kier molecular flexibility index (Phi) is 4.25. The number of hydrogen-bond acceptors (Lipinski definition) is 2. The van der Waals surface area contributed by atoms with Crippen LogP contribution in [0, 0.1) is 11.3 Å². The van der Waals surface area contributed by atoms with Gasteiger partial charge >= 0.3 is 0 Å². The maximum atomic E-state index is 12.5. The molecule has 0 aliphatic carbocycles. The molecule has 0 N–H and O–H groups in total. The highest BCUT2D eigenvalue weighted by atomic mass is 35.5. The summed E-state index contributed by atoms with van der Waals surface area (Å²) in [6, 6.07) is 2.88. The highest BCUT2D eigenvalue weighted by molar-refractivity contribution is 6.32. The summed E-state index contributed by atoms with van der Waals surface area (Å²) in [5.41, 5.74) is 0.0379. The van der Waals surface area contributed by atoms with Crippen molar-refractivity contribution < 1.29 is 8.78 Å². The first-order valence-corrected chi connectivity index (χ1v) is 4.90. The minimum atomic E-state index is -2.69. The van der Waals surface area contributed by atoms with E-state index in [0.717, 1.165) is 6.07 Å². The van der Waals surface area contributed by atoms with Crippen LogP contribution in [0.1, 0.15) is 23.4 Å². The molecule has 1 heterocycles. The largest absolute Gasteiger partial charge is 0.265 e. The molecule has 0 spiro atoms. The highest BCUT2D eigenvalue weighted by Crippen LogP contribution is 2.27. The van der Waals surface area contributed by atoms with Crippen molar-refractivity contribution in [3.05, 3.63) is 28.0 Å². The van der Waals surface area contributed by atoms with E-state index in [1.165, 1.54) is 0 Å². The first-order valence-electron chi connectivity index (χ1n) is 3.99. The van der Waals surface area contributed by atoms with Gasteiger partial charge in [-0.3, -0.25) is 4.98 Å². The second-order valence-electron chi connectivity index (χ2n) is 2.72. The third-order valence-electron chi connectivity index (χ3n) is 1.77. The number of hydrogen-bond donors (Lipinski definition) is 0. The molecule has 2 nitrogen and oxygen atoms in total. The Bertz CT molecular complexity index is 402. The summed E-state index contributed by atoms with van der Waals surface area (Å²) < 4.78 is 25.1. The Morgan fingerprint density at radius 2 is 2.13 bits per heavy atom. The van der Waals surface area contributed by atoms with Gasteiger partial charge in [0.05, 0.1) is 34.8 Å². The number of nitriles is 1. The third kappa shape index (κ3) is 2.77. The van der Waals surface area contributed by atoms with Gasteiger partial charge in [-0.15, -0.1) is 11.6 Å². The van der Waals surface area contributed by atoms with Gasteiger partial charge in [0.25, 0.3) is 6.43 Å². The van der Waals surface area contributed by atoms with Crippen LogP contribution in [-0.2, 0) is 12.3 Å². The lowest BCUT2D eigenvalue weighted by Crippen LogP contribution is -2.01. The van der Waals surface area contributed by atoms with Gasteiger partial charge in [-0.05, 0) is 6.07 Å². The molecule has 15 heavy (non-hydrogen) atoms. The molecule has 0 saturated carbocycles. The van der Waals surface area contributed by atoms with Gasteiger partial charge < -0.3 is 0 Å². The third-order valence-corrected chi connectivity index (χ3v) is 2.35. The zero-order valence-corrected chi connectivity index (χ0v) is 8.99. The average molecular weight is 251 g/mol. The van der Waals surface area contributed by atoms with Crippen LogP contribution in [0.4, 0.5) is 8.78 Å². The van der Waals surface area contributed by atoms with E-state index in [4.69, 9.17) is 28.5 Å². The van der Waals surface area contributed by atoms with Gasteiger partial charge in [-0.2, -0.15) is 5.26 Å². The Labute approximate surface area is 95.4 Å². The smallest absolute Gasteiger partial charge is 0.253 e. The maximum Gasteiger partial charge on any atom is 0.265 e. The van der Waals surface area contributed by atoms with Crippen LogP contribution < -0.4 is 0 Å². The van der Waals surface area contributed by atoms with Crippen LogP contribution in [0.25, 0.3) is 0 Å². The van der Waals surface area contributed by atoms with E-state index in [1.54, 1.807) is 6.07 Å².